The quantitative estimate of drug-likeness (QED) is 0.222. The smallest absolute Gasteiger partial charge is 0.221 e. The highest BCUT2D eigenvalue weighted by molar-refractivity contribution is 14.0. The monoisotopic (exact) mass is 448 g/mol. The SMILES string of the molecule is CCCCCCN=C(N)NCCOc1cccc(NC(C)=O)c1.I. The van der Waals surface area contributed by atoms with Crippen LogP contribution in [0.15, 0.2) is 29.3 Å². The maximum atomic E-state index is 11.0. The average molecular weight is 448 g/mol. The molecule has 0 saturated carbocycles. The van der Waals surface area contributed by atoms with Crippen LogP contribution in [-0.4, -0.2) is 31.6 Å². The van der Waals surface area contributed by atoms with Gasteiger partial charge in [0.15, 0.2) is 5.96 Å². The van der Waals surface area contributed by atoms with E-state index in [0.717, 1.165) is 18.7 Å². The van der Waals surface area contributed by atoms with Gasteiger partial charge in [-0.15, -0.1) is 24.0 Å². The molecule has 136 valence electrons. The molecule has 0 saturated heterocycles. The highest BCUT2D eigenvalue weighted by Gasteiger charge is 1.99. The van der Waals surface area contributed by atoms with E-state index in [1.165, 1.54) is 26.2 Å². The van der Waals surface area contributed by atoms with Crippen molar-refractivity contribution in [2.24, 2.45) is 10.7 Å². The van der Waals surface area contributed by atoms with Crippen molar-refractivity contribution in [1.29, 1.82) is 0 Å². The van der Waals surface area contributed by atoms with Crippen LogP contribution >= 0.6 is 24.0 Å². The van der Waals surface area contributed by atoms with Gasteiger partial charge in [0, 0.05) is 25.2 Å². The van der Waals surface area contributed by atoms with Crippen LogP contribution in [0.5, 0.6) is 5.75 Å². The Morgan fingerprint density at radius 1 is 1.29 bits per heavy atom. The van der Waals surface area contributed by atoms with Crippen molar-refractivity contribution in [3.63, 3.8) is 0 Å². The van der Waals surface area contributed by atoms with Crippen molar-refractivity contribution in [3.05, 3.63) is 24.3 Å². The number of carbonyl (C=O) groups excluding carboxylic acids is 1. The molecule has 0 aliphatic heterocycles. The molecule has 1 amide bonds. The van der Waals surface area contributed by atoms with Crippen LogP contribution in [0.25, 0.3) is 0 Å². The number of rotatable bonds is 10. The molecule has 1 aromatic carbocycles. The van der Waals surface area contributed by atoms with Crippen molar-refractivity contribution in [2.75, 3.05) is 25.0 Å². The molecule has 0 spiro atoms. The maximum absolute atomic E-state index is 11.0. The van der Waals surface area contributed by atoms with Gasteiger partial charge in [-0.05, 0) is 18.6 Å². The van der Waals surface area contributed by atoms with Gasteiger partial charge in [-0.2, -0.15) is 0 Å². The number of benzene rings is 1. The molecule has 0 fully saturated rings. The first-order valence-electron chi connectivity index (χ1n) is 8.16. The molecule has 0 heterocycles. The zero-order valence-corrected chi connectivity index (χ0v) is 16.8. The molecule has 1 rings (SSSR count). The number of unbranched alkanes of at least 4 members (excludes halogenated alkanes) is 3. The van der Waals surface area contributed by atoms with Gasteiger partial charge in [0.2, 0.25) is 5.91 Å². The van der Waals surface area contributed by atoms with Crippen LogP contribution in [0, 0.1) is 0 Å². The highest BCUT2D eigenvalue weighted by atomic mass is 127. The van der Waals surface area contributed by atoms with Crippen molar-refractivity contribution >= 4 is 41.5 Å². The number of nitrogens with one attached hydrogen (secondary N) is 2. The lowest BCUT2D eigenvalue weighted by Crippen LogP contribution is -2.34. The summed E-state index contributed by atoms with van der Waals surface area (Å²) in [5.41, 5.74) is 6.50. The normalized spacial score (nSPS) is 10.7. The predicted molar refractivity (Wildman–Crippen MR) is 110 cm³/mol. The number of guanidine groups is 1. The van der Waals surface area contributed by atoms with Gasteiger partial charge in [-0.25, -0.2) is 0 Å². The lowest BCUT2D eigenvalue weighted by molar-refractivity contribution is -0.114. The molecule has 0 radical (unpaired) electrons. The Hall–Kier alpha value is -1.51. The second-order valence-electron chi connectivity index (χ2n) is 5.31. The van der Waals surface area contributed by atoms with Crippen molar-refractivity contribution in [3.8, 4) is 5.75 Å². The molecule has 0 bridgehead atoms. The first-order valence-corrected chi connectivity index (χ1v) is 8.16. The number of nitrogens with two attached hydrogens (primary N) is 1. The molecule has 1 aromatic rings. The summed E-state index contributed by atoms with van der Waals surface area (Å²) in [5, 5.41) is 5.74. The van der Waals surface area contributed by atoms with Gasteiger partial charge in [0.1, 0.15) is 12.4 Å². The number of hydrogen-bond donors (Lipinski definition) is 3. The summed E-state index contributed by atoms with van der Waals surface area (Å²) in [5.74, 6) is 1.05. The Kier molecular flexibility index (Phi) is 13.0. The van der Waals surface area contributed by atoms with E-state index in [1.54, 1.807) is 6.07 Å². The Balaban J connectivity index is 0.00000529. The van der Waals surface area contributed by atoms with Crippen LogP contribution in [0.2, 0.25) is 0 Å². The van der Waals surface area contributed by atoms with E-state index in [2.05, 4.69) is 22.5 Å². The third-order valence-electron chi connectivity index (χ3n) is 3.13. The van der Waals surface area contributed by atoms with Gasteiger partial charge >= 0.3 is 0 Å². The molecule has 0 aliphatic carbocycles. The number of halogens is 1. The molecule has 7 heteroatoms. The minimum atomic E-state index is -0.105. The topological polar surface area (TPSA) is 88.7 Å². The van der Waals surface area contributed by atoms with E-state index >= 15 is 0 Å². The molecule has 0 atom stereocenters. The van der Waals surface area contributed by atoms with Gasteiger partial charge in [0.25, 0.3) is 0 Å². The zero-order valence-electron chi connectivity index (χ0n) is 14.5. The molecule has 0 aliphatic rings. The lowest BCUT2D eigenvalue weighted by Gasteiger charge is -2.09. The van der Waals surface area contributed by atoms with Gasteiger partial charge in [0.05, 0.1) is 6.54 Å². The van der Waals surface area contributed by atoms with Crippen molar-refractivity contribution in [2.45, 2.75) is 39.5 Å². The Labute approximate surface area is 161 Å². The number of aliphatic imine (C=N–C) groups is 1. The summed E-state index contributed by atoms with van der Waals surface area (Å²) in [7, 11) is 0. The third kappa shape index (κ3) is 11.1. The molecular formula is C17H29IN4O2. The van der Waals surface area contributed by atoms with E-state index < -0.39 is 0 Å². The summed E-state index contributed by atoms with van der Waals surface area (Å²) in [6, 6.07) is 7.28. The standard InChI is InChI=1S/C17H28N4O2.HI/c1-3-4-5-6-10-19-17(18)20-11-12-23-16-9-7-8-15(13-16)21-14(2)22;/h7-9,13H,3-6,10-12H2,1-2H3,(H,21,22)(H3,18,19,20);1H. The molecule has 4 N–H and O–H groups in total. The first-order chi connectivity index (χ1) is 11.1. The van der Waals surface area contributed by atoms with E-state index in [4.69, 9.17) is 10.5 Å². The minimum absolute atomic E-state index is 0. The van der Waals surface area contributed by atoms with Crippen molar-refractivity contribution in [1.82, 2.24) is 5.32 Å². The zero-order chi connectivity index (χ0) is 16.9. The number of carbonyl (C=O) groups is 1. The predicted octanol–water partition coefficient (Wildman–Crippen LogP) is 3.13. The summed E-state index contributed by atoms with van der Waals surface area (Å²) in [6.45, 7) is 5.47. The molecule has 6 nitrogen and oxygen atoms in total. The van der Waals surface area contributed by atoms with E-state index in [9.17, 15) is 4.79 Å². The lowest BCUT2D eigenvalue weighted by atomic mass is 10.2. The summed E-state index contributed by atoms with van der Waals surface area (Å²) >= 11 is 0. The minimum Gasteiger partial charge on any atom is -0.492 e. The van der Waals surface area contributed by atoms with Crippen LogP contribution in [-0.2, 0) is 4.79 Å². The number of ether oxygens (including phenoxy) is 1. The highest BCUT2D eigenvalue weighted by Crippen LogP contribution is 2.16. The van der Waals surface area contributed by atoms with Gasteiger partial charge in [-0.1, -0.05) is 32.3 Å². The van der Waals surface area contributed by atoms with Crippen LogP contribution < -0.4 is 21.1 Å². The second kappa shape index (κ2) is 13.9. The maximum Gasteiger partial charge on any atom is 0.221 e. The van der Waals surface area contributed by atoms with Crippen molar-refractivity contribution < 1.29 is 9.53 Å². The Morgan fingerprint density at radius 2 is 2.08 bits per heavy atom. The number of hydrogen-bond acceptors (Lipinski definition) is 3. The second-order valence-corrected chi connectivity index (χ2v) is 5.31. The van der Waals surface area contributed by atoms with Gasteiger partial charge < -0.3 is 21.1 Å². The number of anilines is 1. The first kappa shape index (κ1) is 22.5. The Bertz CT molecular complexity index is 509. The molecule has 24 heavy (non-hydrogen) atoms. The fraction of sp³-hybridized carbons (Fsp3) is 0.529. The van der Waals surface area contributed by atoms with Crippen LogP contribution in [0.1, 0.15) is 39.5 Å². The van der Waals surface area contributed by atoms with Gasteiger partial charge in [-0.3, -0.25) is 9.79 Å². The third-order valence-corrected chi connectivity index (χ3v) is 3.13. The summed E-state index contributed by atoms with van der Waals surface area (Å²) < 4.78 is 5.61. The van der Waals surface area contributed by atoms with E-state index in [0.29, 0.717) is 24.9 Å². The molecular weight excluding hydrogens is 419 g/mol. The van der Waals surface area contributed by atoms with Crippen LogP contribution in [0.3, 0.4) is 0 Å². The summed E-state index contributed by atoms with van der Waals surface area (Å²) in [6.07, 6.45) is 4.73. The fourth-order valence-electron chi connectivity index (χ4n) is 2.01. The summed E-state index contributed by atoms with van der Waals surface area (Å²) in [4.78, 5) is 15.3. The molecule has 0 aromatic heterocycles. The average Bonchev–Trinajstić information content (AvgIpc) is 2.51. The van der Waals surface area contributed by atoms with E-state index in [1.807, 2.05) is 18.2 Å². The largest absolute Gasteiger partial charge is 0.492 e. The molecule has 0 unspecified atom stereocenters. The fourth-order valence-corrected chi connectivity index (χ4v) is 2.01. The Morgan fingerprint density at radius 3 is 2.79 bits per heavy atom. The number of amides is 1. The van der Waals surface area contributed by atoms with E-state index in [-0.39, 0.29) is 29.9 Å². The number of nitrogens with zero attached hydrogens (tertiary/aromatic N) is 1. The van der Waals surface area contributed by atoms with Crippen LogP contribution in [0.4, 0.5) is 5.69 Å².